The van der Waals surface area contributed by atoms with Gasteiger partial charge in [-0.25, -0.2) is 9.59 Å². The van der Waals surface area contributed by atoms with Crippen LogP contribution in [0.4, 0.5) is 4.79 Å². The summed E-state index contributed by atoms with van der Waals surface area (Å²) in [5.74, 6) is -0.935. The maximum Gasteiger partial charge on any atom is 0.407 e. The fraction of sp³-hybridized carbons (Fsp3) is 0.471. The molecule has 1 rings (SSSR count). The number of benzene rings is 1. The molecule has 0 aliphatic carbocycles. The maximum atomic E-state index is 11.6. The Hall–Kier alpha value is -2.32. The van der Waals surface area contributed by atoms with Crippen molar-refractivity contribution < 1.29 is 36.3 Å². The number of esters is 1. The molecule has 0 aliphatic heterocycles. The summed E-state index contributed by atoms with van der Waals surface area (Å²) in [6.07, 6.45) is 1.15. The first kappa shape index (κ1) is 23.7. The summed E-state index contributed by atoms with van der Waals surface area (Å²) in [6, 6.07) is 8.65. The molecule has 0 saturated heterocycles. The average Bonchev–Trinajstić information content (AvgIpc) is 2.65. The Balaban J connectivity index is 0.00000625. The minimum atomic E-state index is -0.730. The van der Waals surface area contributed by atoms with E-state index in [0.29, 0.717) is 25.8 Å². The number of hydrogen-bond acceptors (Lipinski definition) is 6. The Morgan fingerprint density at radius 2 is 1.85 bits per heavy atom. The van der Waals surface area contributed by atoms with Crippen LogP contribution in [0.25, 0.3) is 0 Å². The second-order valence-corrected chi connectivity index (χ2v) is 5.33. The van der Waals surface area contributed by atoms with Crippen LogP contribution in [0.15, 0.2) is 30.3 Å². The largest absolute Gasteiger partial charge is 1.00 e. The first-order chi connectivity index (χ1) is 12.1. The minimum absolute atomic E-state index is 0. The average molecular weight is 387 g/mol. The number of nitrogens with one attached hydrogen (secondary N) is 2. The molecule has 0 radical (unpaired) electrons. The van der Waals surface area contributed by atoms with Crippen molar-refractivity contribution in [2.75, 3.05) is 20.2 Å². The highest BCUT2D eigenvalue weighted by Gasteiger charge is 2.20. The van der Waals surface area contributed by atoms with Crippen molar-refractivity contribution >= 4 is 18.0 Å². The van der Waals surface area contributed by atoms with Crippen molar-refractivity contribution in [2.24, 2.45) is 5.73 Å². The Labute approximate surface area is 159 Å². The predicted octanol–water partition coefficient (Wildman–Crippen LogP) is -2.30. The molecule has 1 aromatic rings. The zero-order valence-electron chi connectivity index (χ0n) is 14.7. The molecule has 0 aliphatic rings. The zero-order chi connectivity index (χ0) is 18.5. The third kappa shape index (κ3) is 9.85. The van der Waals surface area contributed by atoms with E-state index in [9.17, 15) is 14.4 Å². The number of hydrogen-bond donors (Lipinski definition) is 3. The van der Waals surface area contributed by atoms with Crippen molar-refractivity contribution in [3.05, 3.63) is 35.9 Å². The quantitative estimate of drug-likeness (QED) is 0.307. The summed E-state index contributed by atoms with van der Waals surface area (Å²) < 4.78 is 9.73. The molecule has 4 N–H and O–H groups in total. The highest BCUT2D eigenvalue weighted by atomic mass is 35.5. The lowest BCUT2D eigenvalue weighted by molar-refractivity contribution is -0.145. The fourth-order valence-corrected chi connectivity index (χ4v) is 2.08. The van der Waals surface area contributed by atoms with Crippen molar-refractivity contribution in [2.45, 2.75) is 31.9 Å². The van der Waals surface area contributed by atoms with Crippen LogP contribution in [0.1, 0.15) is 24.8 Å². The third-order valence-electron chi connectivity index (χ3n) is 3.41. The van der Waals surface area contributed by atoms with Crippen molar-refractivity contribution in [3.63, 3.8) is 0 Å². The van der Waals surface area contributed by atoms with Crippen LogP contribution in [-0.4, -0.2) is 44.2 Å². The van der Waals surface area contributed by atoms with E-state index in [-0.39, 0.29) is 25.6 Å². The number of halogens is 1. The number of unbranched alkanes of at least 4 members (excludes halogenated alkanes) is 1. The van der Waals surface area contributed by atoms with E-state index < -0.39 is 24.0 Å². The van der Waals surface area contributed by atoms with Gasteiger partial charge in [0.25, 0.3) is 0 Å². The molecule has 26 heavy (non-hydrogen) atoms. The number of alkyl carbamates (subject to hydrolysis) is 1. The zero-order valence-corrected chi connectivity index (χ0v) is 15.5. The molecule has 146 valence electrons. The lowest BCUT2D eigenvalue weighted by Crippen LogP contribution is -3.00. The second-order valence-electron chi connectivity index (χ2n) is 5.33. The highest BCUT2D eigenvalue weighted by Crippen LogP contribution is 2.03. The summed E-state index contributed by atoms with van der Waals surface area (Å²) >= 11 is 0. The van der Waals surface area contributed by atoms with Gasteiger partial charge in [-0.2, -0.15) is 0 Å². The minimum Gasteiger partial charge on any atom is -1.00 e. The lowest BCUT2D eigenvalue weighted by atomic mass is 10.1. The Morgan fingerprint density at radius 3 is 2.46 bits per heavy atom. The van der Waals surface area contributed by atoms with Crippen LogP contribution >= 0.6 is 0 Å². The molecule has 0 spiro atoms. The van der Waals surface area contributed by atoms with Crippen molar-refractivity contribution in [1.29, 1.82) is 0 Å². The topological polar surface area (TPSA) is 120 Å². The number of rotatable bonds is 10. The smallest absolute Gasteiger partial charge is 0.407 e. The van der Waals surface area contributed by atoms with Crippen LogP contribution in [0.5, 0.6) is 0 Å². The van der Waals surface area contributed by atoms with E-state index in [1.807, 2.05) is 30.3 Å². The molecule has 9 heteroatoms. The molecule has 0 heterocycles. The first-order valence-electron chi connectivity index (χ1n) is 8.08. The van der Waals surface area contributed by atoms with Crippen LogP contribution in [-0.2, 0) is 25.7 Å². The van der Waals surface area contributed by atoms with Gasteiger partial charge in [0.05, 0.1) is 13.7 Å². The van der Waals surface area contributed by atoms with E-state index in [2.05, 4.69) is 15.4 Å². The molecule has 1 atom stereocenters. The summed E-state index contributed by atoms with van der Waals surface area (Å²) in [5.41, 5.74) is 6.13. The number of carbonyl (C=O) groups is 3. The molecule has 0 aromatic heterocycles. The van der Waals surface area contributed by atoms with Gasteiger partial charge in [0.2, 0.25) is 5.91 Å². The normalized spacial score (nSPS) is 10.8. The fourth-order valence-electron chi connectivity index (χ4n) is 2.08. The highest BCUT2D eigenvalue weighted by molar-refractivity contribution is 5.85. The first-order valence-corrected chi connectivity index (χ1v) is 8.08. The molecule has 0 fully saturated rings. The van der Waals surface area contributed by atoms with Gasteiger partial charge in [-0.05, 0) is 24.8 Å². The third-order valence-corrected chi connectivity index (χ3v) is 3.41. The van der Waals surface area contributed by atoms with Crippen molar-refractivity contribution in [3.8, 4) is 0 Å². The number of nitrogens with two attached hydrogens (primary N) is 1. The van der Waals surface area contributed by atoms with E-state index in [4.69, 9.17) is 10.5 Å². The van der Waals surface area contributed by atoms with Crippen LogP contribution in [0, 0.1) is 0 Å². The van der Waals surface area contributed by atoms with E-state index >= 15 is 0 Å². The number of amides is 2. The van der Waals surface area contributed by atoms with E-state index in [1.165, 1.54) is 7.11 Å². The number of ether oxygens (including phenoxy) is 2. The Kier molecular flexibility index (Phi) is 12.7. The summed E-state index contributed by atoms with van der Waals surface area (Å²) in [5, 5.41) is 5.14. The van der Waals surface area contributed by atoms with Gasteiger partial charge in [-0.15, -0.1) is 0 Å². The van der Waals surface area contributed by atoms with Gasteiger partial charge in [0.15, 0.2) is 0 Å². The monoisotopic (exact) mass is 386 g/mol. The van der Waals surface area contributed by atoms with Crippen molar-refractivity contribution in [1.82, 2.24) is 10.6 Å². The van der Waals surface area contributed by atoms with Gasteiger partial charge in [0, 0.05) is 6.54 Å². The van der Waals surface area contributed by atoms with Gasteiger partial charge < -0.3 is 38.2 Å². The summed E-state index contributed by atoms with van der Waals surface area (Å²) in [6.45, 7) is 0.427. The van der Waals surface area contributed by atoms with Gasteiger partial charge in [0.1, 0.15) is 12.6 Å². The lowest BCUT2D eigenvalue weighted by Gasteiger charge is -2.16. The predicted molar refractivity (Wildman–Crippen MR) is 91.5 cm³/mol. The second kappa shape index (κ2) is 13.9. The van der Waals surface area contributed by atoms with E-state index in [1.54, 1.807) is 0 Å². The standard InChI is InChI=1S/C17H25N3O5.ClH/c1-24-16(22)14(20-15(21)11-18)9-5-6-10-19-17(23)25-12-13-7-3-2-4-8-13;/h2-4,7-8,14H,5-6,9-12,18H2,1H3,(H,19,23)(H,20,21);1H/p-1. The maximum absolute atomic E-state index is 11.6. The molecule has 0 bridgehead atoms. The number of methoxy groups -OCH3 is 1. The molecular formula is C17H25ClN3O5-. The van der Waals surface area contributed by atoms with Crippen LogP contribution < -0.4 is 28.8 Å². The molecule has 1 unspecified atom stereocenters. The Morgan fingerprint density at radius 1 is 1.15 bits per heavy atom. The van der Waals surface area contributed by atoms with Crippen LogP contribution in [0.3, 0.4) is 0 Å². The molecule has 2 amide bonds. The summed E-state index contributed by atoms with van der Waals surface area (Å²) in [4.78, 5) is 34.5. The number of carbonyl (C=O) groups excluding carboxylic acids is 3. The molecule has 0 saturated carbocycles. The van der Waals surface area contributed by atoms with Gasteiger partial charge in [-0.1, -0.05) is 30.3 Å². The van der Waals surface area contributed by atoms with Crippen LogP contribution in [0.2, 0.25) is 0 Å². The van der Waals surface area contributed by atoms with Gasteiger partial charge >= 0.3 is 12.1 Å². The molecule has 1 aromatic carbocycles. The summed E-state index contributed by atoms with van der Waals surface area (Å²) in [7, 11) is 1.26. The van der Waals surface area contributed by atoms with E-state index in [0.717, 1.165) is 5.56 Å². The SMILES string of the molecule is COC(=O)C(CCCCNC(=O)OCc1ccccc1)NC(=O)CN.[Cl-]. The Bertz CT molecular complexity index is 557. The molecular weight excluding hydrogens is 362 g/mol. The van der Waals surface area contributed by atoms with Gasteiger partial charge in [-0.3, -0.25) is 4.79 Å². The molecule has 8 nitrogen and oxygen atoms in total.